The summed E-state index contributed by atoms with van der Waals surface area (Å²) in [6.45, 7) is 2.58. The minimum atomic E-state index is -0.358. The third-order valence-electron chi connectivity index (χ3n) is 2.84. The zero-order valence-corrected chi connectivity index (χ0v) is 12.4. The standard InChI is InChI=1S/C14H16N2O4S/c1-2-16(7-8-17)14(19)11-5-6-12(21-11)15-13(18)10-4-3-9-20-10/h3-6,9,17H,2,7-8H2,1H3,(H,15,18). The molecule has 2 N–H and O–H groups in total. The first-order valence-electron chi connectivity index (χ1n) is 6.50. The number of hydrogen-bond acceptors (Lipinski definition) is 5. The highest BCUT2D eigenvalue weighted by atomic mass is 32.1. The summed E-state index contributed by atoms with van der Waals surface area (Å²) < 4.78 is 5.00. The molecule has 0 saturated carbocycles. The fourth-order valence-corrected chi connectivity index (χ4v) is 2.65. The Hall–Kier alpha value is -2.12. The van der Waals surface area contributed by atoms with Crippen LogP contribution in [0.5, 0.6) is 0 Å². The van der Waals surface area contributed by atoms with E-state index in [-0.39, 0.29) is 24.2 Å². The maximum atomic E-state index is 12.2. The summed E-state index contributed by atoms with van der Waals surface area (Å²) in [5, 5.41) is 12.2. The molecule has 6 nitrogen and oxygen atoms in total. The first-order valence-corrected chi connectivity index (χ1v) is 7.32. The number of aliphatic hydroxyl groups excluding tert-OH is 1. The molecule has 0 radical (unpaired) electrons. The van der Waals surface area contributed by atoms with Gasteiger partial charge in [0.25, 0.3) is 11.8 Å². The number of thiophene rings is 1. The van der Waals surface area contributed by atoms with Crippen LogP contribution in [0.4, 0.5) is 5.00 Å². The highest BCUT2D eigenvalue weighted by Gasteiger charge is 2.17. The second-order valence-electron chi connectivity index (χ2n) is 4.20. The summed E-state index contributed by atoms with van der Waals surface area (Å²) in [6.07, 6.45) is 1.42. The Labute approximate surface area is 126 Å². The molecule has 0 fully saturated rings. The molecule has 2 heterocycles. The Balaban J connectivity index is 2.04. The molecule has 0 aliphatic rings. The Morgan fingerprint density at radius 1 is 1.38 bits per heavy atom. The van der Waals surface area contributed by atoms with Gasteiger partial charge in [-0.1, -0.05) is 0 Å². The van der Waals surface area contributed by atoms with Crippen LogP contribution in [0.1, 0.15) is 27.2 Å². The number of aliphatic hydroxyl groups is 1. The largest absolute Gasteiger partial charge is 0.459 e. The summed E-state index contributed by atoms with van der Waals surface area (Å²) in [5.74, 6) is -0.301. The van der Waals surface area contributed by atoms with Gasteiger partial charge >= 0.3 is 0 Å². The summed E-state index contributed by atoms with van der Waals surface area (Å²) in [6, 6.07) is 6.53. The van der Waals surface area contributed by atoms with Crippen LogP contribution in [0, 0.1) is 0 Å². The lowest BCUT2D eigenvalue weighted by Crippen LogP contribution is -2.32. The second-order valence-corrected chi connectivity index (χ2v) is 5.29. The van der Waals surface area contributed by atoms with Gasteiger partial charge in [-0.25, -0.2) is 0 Å². The third kappa shape index (κ3) is 3.71. The minimum absolute atomic E-state index is 0.0763. The lowest BCUT2D eigenvalue weighted by Gasteiger charge is -2.18. The molecule has 0 unspecified atom stereocenters. The van der Waals surface area contributed by atoms with E-state index >= 15 is 0 Å². The average Bonchev–Trinajstić information content (AvgIpc) is 3.15. The topological polar surface area (TPSA) is 82.8 Å². The van der Waals surface area contributed by atoms with E-state index in [4.69, 9.17) is 9.52 Å². The average molecular weight is 308 g/mol. The van der Waals surface area contributed by atoms with Crippen molar-refractivity contribution >= 4 is 28.2 Å². The normalized spacial score (nSPS) is 10.4. The summed E-state index contributed by atoms with van der Waals surface area (Å²) in [4.78, 5) is 26.1. The highest BCUT2D eigenvalue weighted by Crippen LogP contribution is 2.24. The molecule has 2 rings (SSSR count). The summed E-state index contributed by atoms with van der Waals surface area (Å²) in [7, 11) is 0. The zero-order valence-electron chi connectivity index (χ0n) is 11.5. The molecule has 0 atom stereocenters. The molecule has 7 heteroatoms. The molecule has 0 aliphatic carbocycles. The van der Waals surface area contributed by atoms with Crippen LogP contribution in [0.25, 0.3) is 0 Å². The molecule has 112 valence electrons. The lowest BCUT2D eigenvalue weighted by atomic mass is 10.3. The number of nitrogens with one attached hydrogen (secondary N) is 1. The number of furan rings is 1. The van der Waals surface area contributed by atoms with Crippen LogP contribution < -0.4 is 5.32 Å². The Bertz CT molecular complexity index is 606. The van der Waals surface area contributed by atoms with Crippen molar-refractivity contribution < 1.29 is 19.1 Å². The van der Waals surface area contributed by atoms with Crippen LogP contribution in [0.2, 0.25) is 0 Å². The van der Waals surface area contributed by atoms with Crippen LogP contribution >= 0.6 is 11.3 Å². The Morgan fingerprint density at radius 3 is 2.81 bits per heavy atom. The fourth-order valence-electron chi connectivity index (χ4n) is 1.78. The van der Waals surface area contributed by atoms with Gasteiger partial charge in [-0.3, -0.25) is 9.59 Å². The van der Waals surface area contributed by atoms with Gasteiger partial charge in [0.05, 0.1) is 22.7 Å². The van der Waals surface area contributed by atoms with Crippen molar-refractivity contribution in [3.05, 3.63) is 41.2 Å². The molecular formula is C14H16N2O4S. The van der Waals surface area contributed by atoms with E-state index in [1.54, 1.807) is 29.2 Å². The molecule has 2 amide bonds. The van der Waals surface area contributed by atoms with E-state index in [9.17, 15) is 9.59 Å². The van der Waals surface area contributed by atoms with Gasteiger partial charge in [-0.2, -0.15) is 0 Å². The van der Waals surface area contributed by atoms with Gasteiger partial charge in [-0.05, 0) is 31.2 Å². The Morgan fingerprint density at radius 2 is 2.19 bits per heavy atom. The summed E-state index contributed by atoms with van der Waals surface area (Å²) in [5.41, 5.74) is 0. The molecule has 0 aromatic carbocycles. The van der Waals surface area contributed by atoms with E-state index in [2.05, 4.69) is 5.32 Å². The van der Waals surface area contributed by atoms with Crippen LogP contribution in [0.3, 0.4) is 0 Å². The molecule has 0 spiro atoms. The number of carbonyl (C=O) groups excluding carboxylic acids is 2. The van der Waals surface area contributed by atoms with E-state index in [1.807, 2.05) is 6.92 Å². The lowest BCUT2D eigenvalue weighted by molar-refractivity contribution is 0.0736. The van der Waals surface area contributed by atoms with Crippen molar-refractivity contribution in [2.75, 3.05) is 25.0 Å². The van der Waals surface area contributed by atoms with Crippen molar-refractivity contribution in [2.45, 2.75) is 6.92 Å². The van der Waals surface area contributed by atoms with Crippen molar-refractivity contribution in [1.29, 1.82) is 0 Å². The monoisotopic (exact) mass is 308 g/mol. The van der Waals surface area contributed by atoms with E-state index in [0.717, 1.165) is 0 Å². The van der Waals surface area contributed by atoms with Gasteiger partial charge in [-0.15, -0.1) is 11.3 Å². The van der Waals surface area contributed by atoms with E-state index in [0.29, 0.717) is 23.0 Å². The molecule has 0 aliphatic heterocycles. The predicted molar refractivity (Wildman–Crippen MR) is 79.6 cm³/mol. The first-order chi connectivity index (χ1) is 10.2. The van der Waals surface area contributed by atoms with E-state index < -0.39 is 0 Å². The molecule has 2 aromatic rings. The number of carbonyl (C=O) groups is 2. The molecular weight excluding hydrogens is 292 g/mol. The highest BCUT2D eigenvalue weighted by molar-refractivity contribution is 7.18. The number of anilines is 1. The van der Waals surface area contributed by atoms with Crippen LogP contribution in [-0.4, -0.2) is 41.5 Å². The van der Waals surface area contributed by atoms with Crippen molar-refractivity contribution in [1.82, 2.24) is 4.90 Å². The third-order valence-corrected chi connectivity index (χ3v) is 3.83. The Kier molecular flexibility index (Phi) is 5.13. The van der Waals surface area contributed by atoms with Crippen molar-refractivity contribution in [3.63, 3.8) is 0 Å². The predicted octanol–water partition coefficient (Wildman–Crippen LogP) is 2.05. The molecule has 0 saturated heterocycles. The smallest absolute Gasteiger partial charge is 0.291 e. The quantitative estimate of drug-likeness (QED) is 0.855. The number of hydrogen-bond donors (Lipinski definition) is 2. The second kappa shape index (κ2) is 7.05. The number of likely N-dealkylation sites (N-methyl/N-ethyl adjacent to an activating group) is 1. The van der Waals surface area contributed by atoms with Gasteiger partial charge in [0.15, 0.2) is 5.76 Å². The van der Waals surface area contributed by atoms with Crippen molar-refractivity contribution in [3.8, 4) is 0 Å². The van der Waals surface area contributed by atoms with Crippen LogP contribution in [0.15, 0.2) is 34.9 Å². The van der Waals surface area contributed by atoms with Gasteiger partial charge in [0.2, 0.25) is 0 Å². The molecule has 21 heavy (non-hydrogen) atoms. The molecule has 2 aromatic heterocycles. The fraction of sp³-hybridized carbons (Fsp3) is 0.286. The minimum Gasteiger partial charge on any atom is -0.459 e. The van der Waals surface area contributed by atoms with Gasteiger partial charge in [0.1, 0.15) is 0 Å². The number of amides is 2. The van der Waals surface area contributed by atoms with Crippen LogP contribution in [-0.2, 0) is 0 Å². The number of nitrogens with zero attached hydrogens (tertiary/aromatic N) is 1. The first kappa shape index (κ1) is 15.3. The molecule has 0 bridgehead atoms. The van der Waals surface area contributed by atoms with E-state index in [1.165, 1.54) is 17.6 Å². The van der Waals surface area contributed by atoms with Gasteiger partial charge < -0.3 is 19.7 Å². The SMILES string of the molecule is CCN(CCO)C(=O)c1ccc(NC(=O)c2ccco2)s1. The van der Waals surface area contributed by atoms with Crippen molar-refractivity contribution in [2.24, 2.45) is 0 Å². The maximum Gasteiger partial charge on any atom is 0.291 e. The van der Waals surface area contributed by atoms with Gasteiger partial charge in [0, 0.05) is 13.1 Å². The number of rotatable bonds is 6. The zero-order chi connectivity index (χ0) is 15.2. The maximum absolute atomic E-state index is 12.2. The summed E-state index contributed by atoms with van der Waals surface area (Å²) >= 11 is 1.19.